The molecule has 0 amide bonds. The minimum absolute atomic E-state index is 0.396. The predicted octanol–water partition coefficient (Wildman–Crippen LogP) is 4.14. The van der Waals surface area contributed by atoms with Gasteiger partial charge >= 0.3 is 134 Å². The van der Waals surface area contributed by atoms with Gasteiger partial charge in [-0.25, -0.2) is 0 Å². The monoisotopic (exact) mass is 432 g/mol. The van der Waals surface area contributed by atoms with Gasteiger partial charge in [0.15, 0.2) is 0 Å². The van der Waals surface area contributed by atoms with Crippen LogP contribution in [0.25, 0.3) is 3.58 Å². The van der Waals surface area contributed by atoms with Crippen LogP contribution in [-0.2, 0) is 0 Å². The third-order valence-electron chi connectivity index (χ3n) is 2.35. The van der Waals surface area contributed by atoms with E-state index in [1.54, 1.807) is 0 Å². The Kier molecular flexibility index (Phi) is 5.83. The van der Waals surface area contributed by atoms with Crippen LogP contribution in [0.2, 0.25) is 0 Å². The van der Waals surface area contributed by atoms with Crippen molar-refractivity contribution < 1.29 is 0 Å². The van der Waals surface area contributed by atoms with Gasteiger partial charge in [-0.05, 0) is 0 Å². The first-order valence-electron chi connectivity index (χ1n) is 5.53. The summed E-state index contributed by atoms with van der Waals surface area (Å²) in [4.78, 5) is 0. The Morgan fingerprint density at radius 2 is 1.50 bits per heavy atom. The molecular formula is C15H13ISSe. The zero-order valence-corrected chi connectivity index (χ0v) is 14.7. The van der Waals surface area contributed by atoms with Gasteiger partial charge in [0.05, 0.1) is 0 Å². The Bertz CT molecular complexity index is 523. The Labute approximate surface area is 133 Å². The van der Waals surface area contributed by atoms with E-state index < -0.39 is 0 Å². The quantitative estimate of drug-likeness (QED) is 0.518. The molecule has 0 radical (unpaired) electrons. The molecule has 3 heteroatoms. The molecule has 0 fully saturated rings. The summed E-state index contributed by atoms with van der Waals surface area (Å²) >= 11 is 4.73. The van der Waals surface area contributed by atoms with E-state index >= 15 is 0 Å². The van der Waals surface area contributed by atoms with Crippen LogP contribution in [0.5, 0.6) is 0 Å². The van der Waals surface area contributed by atoms with Crippen molar-refractivity contribution >= 4 is 57.4 Å². The standard InChI is InChI=1S/C15H13ISSe/c1-17-15(18-13-10-6-3-7-11-13)14(16)12-8-4-2-5-9-12/h2-11H,1H3/b15-14+. The summed E-state index contributed by atoms with van der Waals surface area (Å²) in [5, 5.41) is 0. The topological polar surface area (TPSA) is 0 Å². The van der Waals surface area contributed by atoms with E-state index in [0.717, 1.165) is 0 Å². The molecule has 92 valence electrons. The van der Waals surface area contributed by atoms with E-state index in [-0.39, 0.29) is 0 Å². The molecule has 2 aromatic carbocycles. The average molecular weight is 431 g/mol. The van der Waals surface area contributed by atoms with Crippen LogP contribution in [0.4, 0.5) is 0 Å². The van der Waals surface area contributed by atoms with E-state index in [1.807, 2.05) is 11.8 Å². The van der Waals surface area contributed by atoms with Gasteiger partial charge in [0.25, 0.3) is 0 Å². The van der Waals surface area contributed by atoms with Crippen LogP contribution in [-0.4, -0.2) is 21.2 Å². The molecule has 0 N–H and O–H groups in total. The number of rotatable bonds is 4. The molecule has 18 heavy (non-hydrogen) atoms. The first-order valence-corrected chi connectivity index (χ1v) is 9.55. The molecule has 0 aliphatic carbocycles. The molecule has 0 bridgehead atoms. The molecular weight excluding hydrogens is 418 g/mol. The van der Waals surface area contributed by atoms with Crippen molar-refractivity contribution in [3.05, 3.63) is 70.0 Å². The van der Waals surface area contributed by atoms with Gasteiger partial charge in [0.1, 0.15) is 0 Å². The fourth-order valence-corrected chi connectivity index (χ4v) is 5.97. The van der Waals surface area contributed by atoms with Crippen molar-refractivity contribution in [2.75, 3.05) is 6.26 Å². The number of benzene rings is 2. The molecule has 0 unspecified atom stereocenters. The maximum atomic E-state index is 2.47. The first-order chi connectivity index (χ1) is 8.81. The number of hydrogen-bond donors (Lipinski definition) is 0. The van der Waals surface area contributed by atoms with Gasteiger partial charge in [-0.3, -0.25) is 0 Å². The van der Waals surface area contributed by atoms with Gasteiger partial charge < -0.3 is 0 Å². The van der Waals surface area contributed by atoms with Gasteiger partial charge in [-0.1, -0.05) is 0 Å². The second-order valence-electron chi connectivity index (χ2n) is 3.59. The molecule has 2 rings (SSSR count). The summed E-state index contributed by atoms with van der Waals surface area (Å²) in [5.41, 5.74) is 1.32. The predicted molar refractivity (Wildman–Crippen MR) is 92.7 cm³/mol. The van der Waals surface area contributed by atoms with Gasteiger partial charge in [-0.15, -0.1) is 0 Å². The molecule has 0 nitrogen and oxygen atoms in total. The van der Waals surface area contributed by atoms with Crippen LogP contribution < -0.4 is 4.46 Å². The number of thioether (sulfide) groups is 1. The molecule has 2 aromatic rings. The van der Waals surface area contributed by atoms with Crippen LogP contribution >= 0.6 is 34.4 Å². The average Bonchev–Trinajstić information content (AvgIpc) is 2.46. The zero-order chi connectivity index (χ0) is 12.8. The van der Waals surface area contributed by atoms with Crippen LogP contribution in [0.15, 0.2) is 64.5 Å². The number of hydrogen-bond acceptors (Lipinski definition) is 1. The van der Waals surface area contributed by atoms with Crippen molar-refractivity contribution in [1.82, 2.24) is 0 Å². The second-order valence-corrected chi connectivity index (χ2v) is 8.34. The van der Waals surface area contributed by atoms with Crippen molar-refractivity contribution in [2.45, 2.75) is 0 Å². The Morgan fingerprint density at radius 3 is 2.06 bits per heavy atom. The van der Waals surface area contributed by atoms with Crippen molar-refractivity contribution in [2.24, 2.45) is 0 Å². The molecule has 0 aliphatic heterocycles. The zero-order valence-electron chi connectivity index (χ0n) is 9.97. The number of halogens is 1. The van der Waals surface area contributed by atoms with E-state index in [4.69, 9.17) is 0 Å². The Balaban J connectivity index is 2.28. The fraction of sp³-hybridized carbons (Fsp3) is 0.0667. The molecule has 0 heterocycles. The summed E-state index contributed by atoms with van der Waals surface area (Å²) in [6.07, 6.45) is 2.17. The summed E-state index contributed by atoms with van der Waals surface area (Å²) in [6, 6.07) is 21.4. The molecule has 0 saturated heterocycles. The SMILES string of the molecule is CS/C([Se]c1ccccc1)=C(\I)c1ccccc1. The molecule has 0 aliphatic rings. The van der Waals surface area contributed by atoms with Crippen LogP contribution in [0.1, 0.15) is 5.56 Å². The molecule has 0 aromatic heterocycles. The molecule has 0 spiro atoms. The van der Waals surface area contributed by atoms with Crippen molar-refractivity contribution in [3.63, 3.8) is 0 Å². The normalized spacial score (nSPS) is 12.1. The van der Waals surface area contributed by atoms with Crippen LogP contribution in [0, 0.1) is 0 Å². The van der Waals surface area contributed by atoms with E-state index in [0.29, 0.717) is 15.0 Å². The first kappa shape index (κ1) is 14.2. The summed E-state index contributed by atoms with van der Waals surface area (Å²) in [5.74, 6) is 0. The third kappa shape index (κ3) is 3.89. The summed E-state index contributed by atoms with van der Waals surface area (Å²) in [7, 11) is 0. The molecule has 0 atom stereocenters. The van der Waals surface area contributed by atoms with Crippen molar-refractivity contribution in [1.29, 1.82) is 0 Å². The maximum absolute atomic E-state index is 2.47. The Morgan fingerprint density at radius 1 is 0.944 bits per heavy atom. The van der Waals surface area contributed by atoms with Gasteiger partial charge in [0, 0.05) is 0 Å². The second kappa shape index (κ2) is 7.39. The third-order valence-corrected chi connectivity index (χ3v) is 8.64. The van der Waals surface area contributed by atoms with Crippen LogP contribution in [0.3, 0.4) is 0 Å². The molecule has 0 saturated carbocycles. The van der Waals surface area contributed by atoms with E-state index in [2.05, 4.69) is 89.5 Å². The Hall–Kier alpha value is -0.221. The van der Waals surface area contributed by atoms with Gasteiger partial charge in [-0.2, -0.15) is 0 Å². The van der Waals surface area contributed by atoms with Crippen molar-refractivity contribution in [3.8, 4) is 0 Å². The van der Waals surface area contributed by atoms with Gasteiger partial charge in [0.2, 0.25) is 0 Å². The fourth-order valence-electron chi connectivity index (χ4n) is 1.47. The van der Waals surface area contributed by atoms with E-state index in [9.17, 15) is 0 Å². The summed E-state index contributed by atoms with van der Waals surface area (Å²) in [6.45, 7) is 0. The summed E-state index contributed by atoms with van der Waals surface area (Å²) < 4.78 is 4.30. The van der Waals surface area contributed by atoms with E-state index in [1.165, 1.54) is 17.4 Å². The minimum atomic E-state index is 0.396.